The van der Waals surface area contributed by atoms with Gasteiger partial charge in [0.15, 0.2) is 0 Å². The molecule has 3 nitrogen and oxygen atoms in total. The van der Waals surface area contributed by atoms with Crippen LogP contribution in [0.15, 0.2) is 18.2 Å². The first-order valence-corrected chi connectivity index (χ1v) is 6.66. The summed E-state index contributed by atoms with van der Waals surface area (Å²) >= 11 is 0. The number of aliphatic hydroxyl groups is 1. The van der Waals surface area contributed by atoms with Gasteiger partial charge in [0.1, 0.15) is 11.5 Å². The predicted molar refractivity (Wildman–Crippen MR) is 73.1 cm³/mol. The largest absolute Gasteiger partial charge is 0.493 e. The molecule has 0 atom stereocenters. The Balaban J connectivity index is 2.66. The summed E-state index contributed by atoms with van der Waals surface area (Å²) in [4.78, 5) is 0. The van der Waals surface area contributed by atoms with Gasteiger partial charge in [-0.3, -0.25) is 0 Å². The zero-order valence-electron chi connectivity index (χ0n) is 11.6. The molecule has 0 fully saturated rings. The lowest BCUT2D eigenvalue weighted by Gasteiger charge is -2.13. The smallest absolute Gasteiger partial charge is 0.128 e. The molecule has 0 aromatic heterocycles. The fraction of sp³-hybridized carbons (Fsp3) is 0.600. The Morgan fingerprint density at radius 3 is 2.56 bits per heavy atom. The molecule has 0 heterocycles. The standard InChI is InChI=1S/C15H24O3/c1-4-8-17-14-6-5-13(11-16)15(10-14)18-9-7-12(2)3/h5-6,10,12,16H,4,7-9,11H2,1-3H3. The number of rotatable bonds is 8. The average molecular weight is 252 g/mol. The molecule has 0 aliphatic carbocycles. The molecule has 0 saturated carbocycles. The van der Waals surface area contributed by atoms with Crippen LogP contribution in [0, 0.1) is 5.92 Å². The number of ether oxygens (including phenoxy) is 2. The minimum atomic E-state index is -0.00886. The van der Waals surface area contributed by atoms with Crippen LogP contribution in [0.4, 0.5) is 0 Å². The Morgan fingerprint density at radius 2 is 1.94 bits per heavy atom. The van der Waals surface area contributed by atoms with E-state index in [0.29, 0.717) is 19.1 Å². The van der Waals surface area contributed by atoms with E-state index >= 15 is 0 Å². The number of hydrogen-bond acceptors (Lipinski definition) is 3. The third-order valence-corrected chi connectivity index (χ3v) is 2.63. The summed E-state index contributed by atoms with van der Waals surface area (Å²) in [6, 6.07) is 5.59. The van der Waals surface area contributed by atoms with Gasteiger partial charge in [-0.1, -0.05) is 20.8 Å². The second kappa shape index (κ2) is 7.98. The van der Waals surface area contributed by atoms with Gasteiger partial charge in [-0.05, 0) is 30.9 Å². The molecule has 1 aromatic rings. The molecule has 18 heavy (non-hydrogen) atoms. The highest BCUT2D eigenvalue weighted by Gasteiger charge is 2.06. The van der Waals surface area contributed by atoms with Crippen molar-refractivity contribution in [2.75, 3.05) is 13.2 Å². The summed E-state index contributed by atoms with van der Waals surface area (Å²) in [5.41, 5.74) is 0.808. The van der Waals surface area contributed by atoms with E-state index in [1.165, 1.54) is 0 Å². The Morgan fingerprint density at radius 1 is 1.17 bits per heavy atom. The lowest BCUT2D eigenvalue weighted by molar-refractivity contribution is 0.252. The van der Waals surface area contributed by atoms with E-state index in [1.54, 1.807) is 0 Å². The molecule has 0 saturated heterocycles. The highest BCUT2D eigenvalue weighted by molar-refractivity contribution is 5.40. The third kappa shape index (κ3) is 4.96. The number of hydrogen-bond donors (Lipinski definition) is 1. The summed E-state index contributed by atoms with van der Waals surface area (Å²) in [5.74, 6) is 2.14. The van der Waals surface area contributed by atoms with Gasteiger partial charge < -0.3 is 14.6 Å². The molecular weight excluding hydrogens is 228 g/mol. The van der Waals surface area contributed by atoms with Crippen molar-refractivity contribution in [3.63, 3.8) is 0 Å². The fourth-order valence-electron chi connectivity index (χ4n) is 1.51. The van der Waals surface area contributed by atoms with Gasteiger partial charge in [-0.25, -0.2) is 0 Å². The molecule has 0 unspecified atom stereocenters. The summed E-state index contributed by atoms with van der Waals surface area (Å²) in [6.07, 6.45) is 1.98. The van der Waals surface area contributed by atoms with E-state index in [-0.39, 0.29) is 6.61 Å². The molecule has 0 radical (unpaired) electrons. The summed E-state index contributed by atoms with van der Waals surface area (Å²) in [6.45, 7) is 7.76. The maximum absolute atomic E-state index is 9.27. The number of benzene rings is 1. The van der Waals surface area contributed by atoms with E-state index in [2.05, 4.69) is 20.8 Å². The van der Waals surface area contributed by atoms with Crippen molar-refractivity contribution < 1.29 is 14.6 Å². The Bertz CT molecular complexity index is 348. The van der Waals surface area contributed by atoms with Crippen molar-refractivity contribution in [1.29, 1.82) is 0 Å². The van der Waals surface area contributed by atoms with Gasteiger partial charge in [0.05, 0.1) is 19.8 Å². The molecule has 1 N–H and O–H groups in total. The predicted octanol–water partition coefficient (Wildman–Crippen LogP) is 3.39. The van der Waals surface area contributed by atoms with E-state index < -0.39 is 0 Å². The van der Waals surface area contributed by atoms with Crippen LogP contribution in [-0.2, 0) is 6.61 Å². The zero-order valence-corrected chi connectivity index (χ0v) is 11.6. The van der Waals surface area contributed by atoms with Crippen molar-refractivity contribution in [1.82, 2.24) is 0 Å². The molecule has 0 bridgehead atoms. The molecule has 3 heteroatoms. The Hall–Kier alpha value is -1.22. The van der Waals surface area contributed by atoms with E-state index in [4.69, 9.17) is 9.47 Å². The molecule has 1 rings (SSSR count). The molecule has 0 aliphatic rings. The van der Waals surface area contributed by atoms with Crippen molar-refractivity contribution in [3.05, 3.63) is 23.8 Å². The van der Waals surface area contributed by atoms with Gasteiger partial charge in [-0.2, -0.15) is 0 Å². The van der Waals surface area contributed by atoms with E-state index in [9.17, 15) is 5.11 Å². The van der Waals surface area contributed by atoms with Crippen molar-refractivity contribution in [2.24, 2.45) is 5.92 Å². The molecule has 0 spiro atoms. The normalized spacial score (nSPS) is 10.7. The topological polar surface area (TPSA) is 38.7 Å². The van der Waals surface area contributed by atoms with E-state index in [1.807, 2.05) is 18.2 Å². The SMILES string of the molecule is CCCOc1ccc(CO)c(OCCC(C)C)c1. The summed E-state index contributed by atoms with van der Waals surface area (Å²) in [7, 11) is 0. The van der Waals surface area contributed by atoms with Gasteiger partial charge >= 0.3 is 0 Å². The first-order valence-electron chi connectivity index (χ1n) is 6.66. The van der Waals surface area contributed by atoms with Crippen molar-refractivity contribution in [3.8, 4) is 11.5 Å². The fourth-order valence-corrected chi connectivity index (χ4v) is 1.51. The van der Waals surface area contributed by atoms with Crippen LogP contribution >= 0.6 is 0 Å². The summed E-state index contributed by atoms with van der Waals surface area (Å²) in [5, 5.41) is 9.27. The lowest BCUT2D eigenvalue weighted by atomic mass is 10.1. The van der Waals surface area contributed by atoms with Crippen LogP contribution in [0.3, 0.4) is 0 Å². The van der Waals surface area contributed by atoms with Gasteiger partial charge in [-0.15, -0.1) is 0 Å². The van der Waals surface area contributed by atoms with Crippen LogP contribution < -0.4 is 9.47 Å². The second-order valence-corrected chi connectivity index (χ2v) is 4.81. The third-order valence-electron chi connectivity index (χ3n) is 2.63. The Kier molecular flexibility index (Phi) is 6.58. The molecule has 1 aromatic carbocycles. The van der Waals surface area contributed by atoms with Crippen molar-refractivity contribution >= 4 is 0 Å². The van der Waals surface area contributed by atoms with Crippen molar-refractivity contribution in [2.45, 2.75) is 40.2 Å². The van der Waals surface area contributed by atoms with E-state index in [0.717, 1.165) is 29.9 Å². The first kappa shape index (κ1) is 14.8. The highest BCUT2D eigenvalue weighted by Crippen LogP contribution is 2.25. The van der Waals surface area contributed by atoms with Crippen LogP contribution in [0.25, 0.3) is 0 Å². The molecule has 102 valence electrons. The monoisotopic (exact) mass is 252 g/mol. The number of aliphatic hydroxyl groups excluding tert-OH is 1. The van der Waals surface area contributed by atoms with Crippen LogP contribution in [0.5, 0.6) is 11.5 Å². The zero-order chi connectivity index (χ0) is 13.4. The van der Waals surface area contributed by atoms with Crippen LogP contribution in [-0.4, -0.2) is 18.3 Å². The highest BCUT2D eigenvalue weighted by atomic mass is 16.5. The Labute approximate surface area is 110 Å². The minimum Gasteiger partial charge on any atom is -0.493 e. The molecule has 0 amide bonds. The lowest BCUT2D eigenvalue weighted by Crippen LogP contribution is -2.04. The van der Waals surface area contributed by atoms with Crippen LogP contribution in [0.2, 0.25) is 0 Å². The molecular formula is C15H24O3. The summed E-state index contributed by atoms with van der Waals surface area (Å²) < 4.78 is 11.3. The van der Waals surface area contributed by atoms with Gasteiger partial charge in [0, 0.05) is 11.6 Å². The first-order chi connectivity index (χ1) is 8.67. The average Bonchev–Trinajstić information content (AvgIpc) is 2.36. The second-order valence-electron chi connectivity index (χ2n) is 4.81. The quantitative estimate of drug-likeness (QED) is 0.770. The van der Waals surface area contributed by atoms with Gasteiger partial charge in [0.25, 0.3) is 0 Å². The minimum absolute atomic E-state index is 0.00886. The maximum atomic E-state index is 9.27. The van der Waals surface area contributed by atoms with Crippen LogP contribution in [0.1, 0.15) is 39.2 Å². The molecule has 0 aliphatic heterocycles. The maximum Gasteiger partial charge on any atom is 0.128 e. The van der Waals surface area contributed by atoms with Gasteiger partial charge in [0.2, 0.25) is 0 Å².